The highest BCUT2D eigenvalue weighted by molar-refractivity contribution is 7.12. The molecule has 2 aromatic rings. The quantitative estimate of drug-likeness (QED) is 0.758. The molecule has 0 radical (unpaired) electrons. The number of ether oxygens (including phenoxy) is 3. The average Bonchev–Trinajstić information content (AvgIpc) is 2.94. The van der Waals surface area contributed by atoms with Crippen LogP contribution < -0.4 is 14.2 Å². The van der Waals surface area contributed by atoms with Crippen LogP contribution in [0.3, 0.4) is 0 Å². The molecule has 0 saturated carbocycles. The Labute approximate surface area is 126 Å². The van der Waals surface area contributed by atoms with Gasteiger partial charge in [-0.2, -0.15) is 0 Å². The minimum atomic E-state index is -0.979. The van der Waals surface area contributed by atoms with Crippen molar-refractivity contribution in [2.45, 2.75) is 6.92 Å². The first-order valence-electron chi connectivity index (χ1n) is 6.50. The van der Waals surface area contributed by atoms with E-state index in [2.05, 4.69) is 0 Å². The standard InChI is InChI=1S/C15H16O5S/c1-2-18-11-3-5-12(6-4-11)19-8-9-20-13-7-10-21-14(13)15(16)17/h3-7,10H,2,8-9H2,1H3,(H,16,17). The van der Waals surface area contributed by atoms with E-state index in [1.807, 2.05) is 31.2 Å². The molecule has 112 valence electrons. The highest BCUT2D eigenvalue weighted by atomic mass is 32.1. The topological polar surface area (TPSA) is 65.0 Å². The largest absolute Gasteiger partial charge is 0.494 e. The predicted octanol–water partition coefficient (Wildman–Crippen LogP) is 3.30. The van der Waals surface area contributed by atoms with Crippen LogP contribution in [0.25, 0.3) is 0 Å². The minimum absolute atomic E-state index is 0.205. The van der Waals surface area contributed by atoms with E-state index in [1.54, 1.807) is 11.4 Å². The van der Waals surface area contributed by atoms with Crippen molar-refractivity contribution in [3.63, 3.8) is 0 Å². The second-order valence-electron chi connectivity index (χ2n) is 4.02. The van der Waals surface area contributed by atoms with E-state index >= 15 is 0 Å². The van der Waals surface area contributed by atoms with Crippen molar-refractivity contribution in [2.24, 2.45) is 0 Å². The molecule has 0 aliphatic heterocycles. The number of hydrogen-bond acceptors (Lipinski definition) is 5. The fourth-order valence-electron chi connectivity index (χ4n) is 1.68. The monoisotopic (exact) mass is 308 g/mol. The van der Waals surface area contributed by atoms with Crippen LogP contribution in [0.2, 0.25) is 0 Å². The summed E-state index contributed by atoms with van der Waals surface area (Å²) in [5, 5.41) is 10.6. The van der Waals surface area contributed by atoms with Crippen LogP contribution in [-0.4, -0.2) is 30.9 Å². The Bertz CT molecular complexity index is 576. The molecule has 0 unspecified atom stereocenters. The molecule has 0 amide bonds. The number of thiophene rings is 1. The van der Waals surface area contributed by atoms with Gasteiger partial charge in [0.05, 0.1) is 6.61 Å². The number of benzene rings is 1. The molecule has 0 aliphatic rings. The van der Waals surface area contributed by atoms with Crippen molar-refractivity contribution in [1.82, 2.24) is 0 Å². The van der Waals surface area contributed by atoms with Crippen molar-refractivity contribution in [3.05, 3.63) is 40.6 Å². The van der Waals surface area contributed by atoms with E-state index in [0.29, 0.717) is 24.7 Å². The SMILES string of the molecule is CCOc1ccc(OCCOc2ccsc2C(=O)O)cc1. The van der Waals surface area contributed by atoms with E-state index in [4.69, 9.17) is 19.3 Å². The molecule has 5 nitrogen and oxygen atoms in total. The molecule has 1 N–H and O–H groups in total. The second kappa shape index (κ2) is 7.54. The molecule has 1 heterocycles. The van der Waals surface area contributed by atoms with Gasteiger partial charge in [0.2, 0.25) is 0 Å². The lowest BCUT2D eigenvalue weighted by Crippen LogP contribution is -2.10. The Balaban J connectivity index is 1.76. The molecule has 0 bridgehead atoms. The summed E-state index contributed by atoms with van der Waals surface area (Å²) in [5.74, 6) is 0.909. The lowest BCUT2D eigenvalue weighted by molar-refractivity contribution is 0.0697. The van der Waals surface area contributed by atoms with Gasteiger partial charge in [-0.15, -0.1) is 11.3 Å². The van der Waals surface area contributed by atoms with Gasteiger partial charge in [-0.05, 0) is 42.6 Å². The average molecular weight is 308 g/mol. The molecule has 1 aromatic carbocycles. The molecule has 0 fully saturated rings. The third-order valence-corrected chi connectivity index (χ3v) is 3.45. The Morgan fingerprint density at radius 1 is 1.05 bits per heavy atom. The van der Waals surface area contributed by atoms with Gasteiger partial charge in [-0.25, -0.2) is 4.79 Å². The zero-order valence-corrected chi connectivity index (χ0v) is 12.4. The van der Waals surface area contributed by atoms with E-state index in [0.717, 1.165) is 17.1 Å². The summed E-state index contributed by atoms with van der Waals surface area (Å²) in [6.07, 6.45) is 0. The fraction of sp³-hybridized carbons (Fsp3) is 0.267. The van der Waals surface area contributed by atoms with Gasteiger partial charge < -0.3 is 19.3 Å². The Kier molecular flexibility index (Phi) is 5.45. The first-order valence-corrected chi connectivity index (χ1v) is 7.38. The van der Waals surface area contributed by atoms with Gasteiger partial charge in [0.25, 0.3) is 0 Å². The zero-order valence-electron chi connectivity index (χ0n) is 11.6. The maximum Gasteiger partial charge on any atom is 0.349 e. The molecular weight excluding hydrogens is 292 g/mol. The first-order chi connectivity index (χ1) is 10.2. The van der Waals surface area contributed by atoms with Crippen LogP contribution >= 0.6 is 11.3 Å². The van der Waals surface area contributed by atoms with Gasteiger partial charge in [0, 0.05) is 0 Å². The number of hydrogen-bond donors (Lipinski definition) is 1. The molecule has 0 saturated heterocycles. The number of carboxylic acid groups (broad SMARTS) is 1. The summed E-state index contributed by atoms with van der Waals surface area (Å²) in [7, 11) is 0. The van der Waals surface area contributed by atoms with Crippen molar-refractivity contribution < 1.29 is 24.1 Å². The van der Waals surface area contributed by atoms with Crippen LogP contribution in [0.15, 0.2) is 35.7 Å². The summed E-state index contributed by atoms with van der Waals surface area (Å²) in [5.41, 5.74) is 0. The summed E-state index contributed by atoms with van der Waals surface area (Å²) < 4.78 is 16.3. The van der Waals surface area contributed by atoms with E-state index in [-0.39, 0.29) is 11.5 Å². The van der Waals surface area contributed by atoms with Crippen LogP contribution in [0, 0.1) is 0 Å². The van der Waals surface area contributed by atoms with Gasteiger partial charge in [-0.1, -0.05) is 0 Å². The van der Waals surface area contributed by atoms with Crippen LogP contribution in [0.1, 0.15) is 16.6 Å². The number of carboxylic acids is 1. The Morgan fingerprint density at radius 3 is 2.29 bits per heavy atom. The smallest absolute Gasteiger partial charge is 0.349 e. The zero-order chi connectivity index (χ0) is 15.1. The molecule has 0 aliphatic carbocycles. The van der Waals surface area contributed by atoms with Crippen molar-refractivity contribution in [3.8, 4) is 17.2 Å². The van der Waals surface area contributed by atoms with Crippen molar-refractivity contribution in [1.29, 1.82) is 0 Å². The highest BCUT2D eigenvalue weighted by Crippen LogP contribution is 2.24. The Hall–Kier alpha value is -2.21. The molecule has 21 heavy (non-hydrogen) atoms. The summed E-state index contributed by atoms with van der Waals surface area (Å²) >= 11 is 1.14. The predicted molar refractivity (Wildman–Crippen MR) is 79.9 cm³/mol. The lowest BCUT2D eigenvalue weighted by atomic mass is 10.3. The van der Waals surface area contributed by atoms with Gasteiger partial charge in [0.15, 0.2) is 4.88 Å². The third kappa shape index (κ3) is 4.39. The third-order valence-electron chi connectivity index (χ3n) is 2.57. The molecule has 2 rings (SSSR count). The first kappa shape index (κ1) is 15.2. The maximum absolute atomic E-state index is 10.9. The summed E-state index contributed by atoms with van der Waals surface area (Å²) in [4.78, 5) is 11.1. The molecule has 0 atom stereocenters. The van der Waals surface area contributed by atoms with Crippen molar-refractivity contribution in [2.75, 3.05) is 19.8 Å². The van der Waals surface area contributed by atoms with E-state index < -0.39 is 5.97 Å². The van der Waals surface area contributed by atoms with Crippen molar-refractivity contribution >= 4 is 17.3 Å². The highest BCUT2D eigenvalue weighted by Gasteiger charge is 2.12. The number of aromatic carboxylic acids is 1. The molecular formula is C15H16O5S. The number of carbonyl (C=O) groups is 1. The van der Waals surface area contributed by atoms with E-state index in [1.165, 1.54) is 0 Å². The second-order valence-corrected chi connectivity index (χ2v) is 4.94. The summed E-state index contributed by atoms with van der Waals surface area (Å²) in [6, 6.07) is 8.95. The van der Waals surface area contributed by atoms with E-state index in [9.17, 15) is 4.79 Å². The van der Waals surface area contributed by atoms with Crippen LogP contribution in [-0.2, 0) is 0 Å². The van der Waals surface area contributed by atoms with Gasteiger partial charge >= 0.3 is 5.97 Å². The minimum Gasteiger partial charge on any atom is -0.494 e. The number of rotatable bonds is 8. The fourth-order valence-corrected chi connectivity index (χ4v) is 2.35. The lowest BCUT2D eigenvalue weighted by Gasteiger charge is -2.09. The normalized spacial score (nSPS) is 10.1. The van der Waals surface area contributed by atoms with Crippen LogP contribution in [0.4, 0.5) is 0 Å². The van der Waals surface area contributed by atoms with Crippen LogP contribution in [0.5, 0.6) is 17.2 Å². The maximum atomic E-state index is 10.9. The molecule has 1 aromatic heterocycles. The Morgan fingerprint density at radius 2 is 1.67 bits per heavy atom. The summed E-state index contributed by atoms with van der Waals surface area (Å²) in [6.45, 7) is 3.17. The molecule has 0 spiro atoms. The van der Waals surface area contributed by atoms with Gasteiger partial charge in [-0.3, -0.25) is 0 Å². The van der Waals surface area contributed by atoms with Gasteiger partial charge in [0.1, 0.15) is 30.5 Å². The molecule has 6 heteroatoms.